The average molecular weight is 351 g/mol. The number of aliphatic hydroxyl groups is 1. The molecule has 1 aromatic heterocycles. The van der Waals surface area contributed by atoms with E-state index >= 15 is 0 Å². The van der Waals surface area contributed by atoms with Crippen LogP contribution in [0, 0.1) is 0 Å². The summed E-state index contributed by atoms with van der Waals surface area (Å²) < 4.78 is 11.5. The number of ether oxygens (including phenoxy) is 2. The van der Waals surface area contributed by atoms with Crippen molar-refractivity contribution in [3.8, 4) is 11.5 Å². The van der Waals surface area contributed by atoms with Crippen molar-refractivity contribution in [3.05, 3.63) is 47.0 Å². The Balaban J connectivity index is 2.26. The molecule has 130 valence electrons. The zero-order valence-electron chi connectivity index (χ0n) is 14.0. The molecule has 0 radical (unpaired) electrons. The fourth-order valence-electron chi connectivity index (χ4n) is 2.14. The minimum absolute atomic E-state index is 0.185. The molecule has 1 heterocycles. The van der Waals surface area contributed by atoms with Gasteiger partial charge < -0.3 is 14.6 Å². The molecule has 1 N–H and O–H groups in total. The summed E-state index contributed by atoms with van der Waals surface area (Å²) in [5, 5.41) is 10.7. The highest BCUT2D eigenvalue weighted by molar-refractivity contribution is 6.30. The summed E-state index contributed by atoms with van der Waals surface area (Å²) in [6.45, 7) is 5.37. The van der Waals surface area contributed by atoms with Crippen LogP contribution in [0.2, 0.25) is 5.15 Å². The summed E-state index contributed by atoms with van der Waals surface area (Å²) in [7, 11) is 0. The molecule has 24 heavy (non-hydrogen) atoms. The third kappa shape index (κ3) is 4.82. The van der Waals surface area contributed by atoms with Crippen molar-refractivity contribution < 1.29 is 14.6 Å². The van der Waals surface area contributed by atoms with Crippen molar-refractivity contribution in [1.82, 2.24) is 9.97 Å². The van der Waals surface area contributed by atoms with Crippen LogP contribution in [0.5, 0.6) is 11.5 Å². The number of halogens is 1. The summed E-state index contributed by atoms with van der Waals surface area (Å²) in [6, 6.07) is 5.36. The smallest absolute Gasteiger partial charge is 0.161 e. The molecule has 0 saturated carbocycles. The Morgan fingerprint density at radius 1 is 1.04 bits per heavy atom. The van der Waals surface area contributed by atoms with Gasteiger partial charge in [-0.3, -0.25) is 4.98 Å². The summed E-state index contributed by atoms with van der Waals surface area (Å²) >= 11 is 6.02. The first-order valence-electron chi connectivity index (χ1n) is 8.21. The standard InChI is InChI=1S/C18H23ClN2O3/c1-3-5-11-24-15-12-13(6-7-14(15)23-10-4-2)17(22)16-18(19)21-9-8-20-16/h6-9,12,17,22H,3-5,10-11H2,1-2H3. The predicted molar refractivity (Wildman–Crippen MR) is 93.7 cm³/mol. The summed E-state index contributed by atoms with van der Waals surface area (Å²) in [5.74, 6) is 1.29. The Kier molecular flexibility index (Phi) is 7.28. The maximum Gasteiger partial charge on any atom is 0.161 e. The second-order valence-corrected chi connectivity index (χ2v) is 5.75. The molecule has 5 nitrogen and oxygen atoms in total. The van der Waals surface area contributed by atoms with Crippen molar-refractivity contribution in [1.29, 1.82) is 0 Å². The first kappa shape index (κ1) is 18.5. The Hall–Kier alpha value is -1.85. The quantitative estimate of drug-likeness (QED) is 0.687. The van der Waals surface area contributed by atoms with Gasteiger partial charge in [-0.15, -0.1) is 0 Å². The number of hydrogen-bond acceptors (Lipinski definition) is 5. The maximum atomic E-state index is 10.6. The van der Waals surface area contributed by atoms with E-state index in [1.807, 2.05) is 6.92 Å². The van der Waals surface area contributed by atoms with Crippen molar-refractivity contribution in [3.63, 3.8) is 0 Å². The molecule has 1 unspecified atom stereocenters. The third-order valence-corrected chi connectivity index (χ3v) is 3.73. The highest BCUT2D eigenvalue weighted by Crippen LogP contribution is 2.33. The molecular formula is C18H23ClN2O3. The highest BCUT2D eigenvalue weighted by atomic mass is 35.5. The fourth-order valence-corrected chi connectivity index (χ4v) is 2.35. The van der Waals surface area contributed by atoms with Crippen LogP contribution in [0.25, 0.3) is 0 Å². The number of benzene rings is 1. The summed E-state index contributed by atoms with van der Waals surface area (Å²) in [6.07, 6.45) is 4.92. The molecule has 0 aliphatic carbocycles. The van der Waals surface area contributed by atoms with Crippen molar-refractivity contribution in [2.24, 2.45) is 0 Å². The number of aliphatic hydroxyl groups excluding tert-OH is 1. The van der Waals surface area contributed by atoms with Gasteiger partial charge in [0.15, 0.2) is 16.7 Å². The van der Waals surface area contributed by atoms with Crippen molar-refractivity contribution >= 4 is 11.6 Å². The third-order valence-electron chi connectivity index (χ3n) is 3.44. The molecule has 2 rings (SSSR count). The molecule has 0 bridgehead atoms. The summed E-state index contributed by atoms with van der Waals surface area (Å²) in [5.41, 5.74) is 0.952. The molecule has 0 aliphatic heterocycles. The number of hydrogen-bond donors (Lipinski definition) is 1. The van der Waals surface area contributed by atoms with E-state index in [2.05, 4.69) is 16.9 Å². The lowest BCUT2D eigenvalue weighted by Gasteiger charge is -2.16. The topological polar surface area (TPSA) is 64.5 Å². The second-order valence-electron chi connectivity index (χ2n) is 5.39. The lowest BCUT2D eigenvalue weighted by Crippen LogP contribution is -2.06. The molecular weight excluding hydrogens is 328 g/mol. The molecule has 1 atom stereocenters. The number of rotatable bonds is 9. The van der Waals surface area contributed by atoms with Crippen LogP contribution in [-0.4, -0.2) is 28.3 Å². The van der Waals surface area contributed by atoms with Gasteiger partial charge in [0.05, 0.1) is 13.2 Å². The molecule has 0 fully saturated rings. The van der Waals surface area contributed by atoms with Crippen LogP contribution in [0.3, 0.4) is 0 Å². The molecule has 0 spiro atoms. The fraction of sp³-hybridized carbons (Fsp3) is 0.444. The average Bonchev–Trinajstić information content (AvgIpc) is 2.60. The largest absolute Gasteiger partial charge is 0.490 e. The maximum absolute atomic E-state index is 10.6. The van der Waals surface area contributed by atoms with E-state index in [4.69, 9.17) is 21.1 Å². The monoisotopic (exact) mass is 350 g/mol. The first-order valence-corrected chi connectivity index (χ1v) is 8.59. The van der Waals surface area contributed by atoms with Gasteiger partial charge in [-0.2, -0.15) is 0 Å². The predicted octanol–water partition coefficient (Wildman–Crippen LogP) is 4.18. The van der Waals surface area contributed by atoms with Gasteiger partial charge in [0.25, 0.3) is 0 Å². The zero-order chi connectivity index (χ0) is 17.4. The van der Waals surface area contributed by atoms with Gasteiger partial charge in [0, 0.05) is 12.4 Å². The van der Waals surface area contributed by atoms with Gasteiger partial charge in [-0.25, -0.2) is 4.98 Å². The minimum atomic E-state index is -0.972. The minimum Gasteiger partial charge on any atom is -0.490 e. The number of aromatic nitrogens is 2. The Morgan fingerprint density at radius 3 is 2.50 bits per heavy atom. The zero-order valence-corrected chi connectivity index (χ0v) is 14.8. The van der Waals surface area contributed by atoms with Crippen LogP contribution < -0.4 is 9.47 Å². The molecule has 6 heteroatoms. The lowest BCUT2D eigenvalue weighted by atomic mass is 10.1. The van der Waals surface area contributed by atoms with Crippen molar-refractivity contribution in [2.45, 2.75) is 39.2 Å². The van der Waals surface area contributed by atoms with Crippen LogP contribution in [0.15, 0.2) is 30.6 Å². The van der Waals surface area contributed by atoms with E-state index in [0.29, 0.717) is 36.0 Å². The van der Waals surface area contributed by atoms with Gasteiger partial charge in [-0.05, 0) is 30.5 Å². The second kappa shape index (κ2) is 9.45. The number of unbranched alkanes of at least 4 members (excludes halogenated alkanes) is 1. The van der Waals surface area contributed by atoms with Crippen LogP contribution >= 0.6 is 11.6 Å². The number of nitrogens with zero attached hydrogens (tertiary/aromatic N) is 2. The lowest BCUT2D eigenvalue weighted by molar-refractivity contribution is 0.213. The SMILES string of the molecule is CCCCOc1cc(C(O)c2nccnc2Cl)ccc1OCCC. The van der Waals surface area contributed by atoms with E-state index in [0.717, 1.165) is 19.3 Å². The summed E-state index contributed by atoms with van der Waals surface area (Å²) in [4.78, 5) is 8.07. The molecule has 2 aromatic rings. The van der Waals surface area contributed by atoms with Crippen molar-refractivity contribution in [2.75, 3.05) is 13.2 Å². The van der Waals surface area contributed by atoms with E-state index in [-0.39, 0.29) is 5.15 Å². The molecule has 0 aliphatic rings. The van der Waals surface area contributed by atoms with Crippen LogP contribution in [0.1, 0.15) is 50.5 Å². The Bertz CT molecular complexity index is 652. The van der Waals surface area contributed by atoms with E-state index in [9.17, 15) is 5.11 Å². The van der Waals surface area contributed by atoms with Crippen LogP contribution in [-0.2, 0) is 0 Å². The molecule has 1 aromatic carbocycles. The van der Waals surface area contributed by atoms with Crippen LogP contribution in [0.4, 0.5) is 0 Å². The van der Waals surface area contributed by atoms with E-state index in [1.54, 1.807) is 18.2 Å². The van der Waals surface area contributed by atoms with E-state index in [1.165, 1.54) is 12.4 Å². The first-order chi connectivity index (χ1) is 11.7. The van der Waals surface area contributed by atoms with Gasteiger partial charge in [-0.1, -0.05) is 37.9 Å². The van der Waals surface area contributed by atoms with Gasteiger partial charge in [0.2, 0.25) is 0 Å². The Labute approximate surface area is 147 Å². The van der Waals surface area contributed by atoms with Gasteiger partial charge >= 0.3 is 0 Å². The van der Waals surface area contributed by atoms with Gasteiger partial charge in [0.1, 0.15) is 11.8 Å². The van der Waals surface area contributed by atoms with E-state index < -0.39 is 6.10 Å². The molecule has 0 saturated heterocycles. The molecule has 0 amide bonds. The normalized spacial score (nSPS) is 12.0. The Morgan fingerprint density at radius 2 is 1.79 bits per heavy atom. The highest BCUT2D eigenvalue weighted by Gasteiger charge is 2.18.